The third-order valence-electron chi connectivity index (χ3n) is 2.70. The zero-order chi connectivity index (χ0) is 13.7. The third kappa shape index (κ3) is 3.20. The molecule has 5 nitrogen and oxygen atoms in total. The molecule has 1 aromatic carbocycles. The van der Waals surface area contributed by atoms with Crippen molar-refractivity contribution in [1.82, 2.24) is 9.55 Å². The summed E-state index contributed by atoms with van der Waals surface area (Å²) in [5.74, 6) is -0.384. The number of esters is 1. The van der Waals surface area contributed by atoms with Crippen LogP contribution in [0.2, 0.25) is 0 Å². The Morgan fingerprint density at radius 1 is 1.42 bits per heavy atom. The van der Waals surface area contributed by atoms with Gasteiger partial charge < -0.3 is 14.4 Å². The summed E-state index contributed by atoms with van der Waals surface area (Å²) in [4.78, 5) is 15.5. The quantitative estimate of drug-likeness (QED) is 0.828. The van der Waals surface area contributed by atoms with E-state index >= 15 is 0 Å². The molecule has 0 bridgehead atoms. The van der Waals surface area contributed by atoms with Crippen LogP contribution >= 0.6 is 0 Å². The van der Waals surface area contributed by atoms with Gasteiger partial charge in [-0.3, -0.25) is 0 Å². The lowest BCUT2D eigenvalue weighted by molar-refractivity contribution is -0.153. The number of ether oxygens (including phenoxy) is 1. The predicted molar refractivity (Wildman–Crippen MR) is 69.4 cm³/mol. The molecule has 0 unspecified atom stereocenters. The lowest BCUT2D eigenvalue weighted by Gasteiger charge is -2.12. The highest BCUT2D eigenvalue weighted by molar-refractivity contribution is 5.75. The van der Waals surface area contributed by atoms with Crippen LogP contribution in [0.1, 0.15) is 24.4 Å². The molecule has 19 heavy (non-hydrogen) atoms. The zero-order valence-corrected chi connectivity index (χ0v) is 10.7. The van der Waals surface area contributed by atoms with Gasteiger partial charge in [-0.1, -0.05) is 30.3 Å². The Balaban J connectivity index is 2.16. The van der Waals surface area contributed by atoms with Gasteiger partial charge in [0.25, 0.3) is 0 Å². The zero-order valence-electron chi connectivity index (χ0n) is 10.7. The number of aliphatic hydroxyl groups is 1. The molecule has 0 saturated heterocycles. The van der Waals surface area contributed by atoms with Gasteiger partial charge in [0.05, 0.1) is 6.61 Å². The van der Waals surface area contributed by atoms with Gasteiger partial charge in [0.2, 0.25) is 6.10 Å². The van der Waals surface area contributed by atoms with E-state index in [9.17, 15) is 9.90 Å². The third-order valence-corrected chi connectivity index (χ3v) is 2.70. The molecule has 1 aromatic heterocycles. The monoisotopic (exact) mass is 260 g/mol. The van der Waals surface area contributed by atoms with Crippen LogP contribution in [0.4, 0.5) is 0 Å². The summed E-state index contributed by atoms with van der Waals surface area (Å²) in [6, 6.07) is 9.76. The van der Waals surface area contributed by atoms with Gasteiger partial charge in [0, 0.05) is 18.9 Å². The highest BCUT2D eigenvalue weighted by Gasteiger charge is 2.23. The molecule has 0 saturated carbocycles. The highest BCUT2D eigenvalue weighted by atomic mass is 16.5. The van der Waals surface area contributed by atoms with Gasteiger partial charge in [-0.25, -0.2) is 9.78 Å². The number of nitrogens with zero attached hydrogens (tertiary/aromatic N) is 2. The highest BCUT2D eigenvalue weighted by Crippen LogP contribution is 2.14. The van der Waals surface area contributed by atoms with Gasteiger partial charge in [-0.2, -0.15) is 0 Å². The second-order valence-electron chi connectivity index (χ2n) is 4.05. The van der Waals surface area contributed by atoms with E-state index in [1.807, 2.05) is 30.3 Å². The fraction of sp³-hybridized carbons (Fsp3) is 0.286. The average molecular weight is 260 g/mol. The van der Waals surface area contributed by atoms with Crippen molar-refractivity contribution >= 4 is 5.97 Å². The van der Waals surface area contributed by atoms with Crippen LogP contribution in [0.15, 0.2) is 42.7 Å². The number of imidazole rings is 1. The van der Waals surface area contributed by atoms with E-state index in [1.54, 1.807) is 23.9 Å². The summed E-state index contributed by atoms with van der Waals surface area (Å²) in [5, 5.41) is 9.91. The Labute approximate surface area is 111 Å². The minimum atomic E-state index is -1.35. The fourth-order valence-corrected chi connectivity index (χ4v) is 1.81. The summed E-state index contributed by atoms with van der Waals surface area (Å²) in [7, 11) is 0. The van der Waals surface area contributed by atoms with E-state index in [1.165, 1.54) is 0 Å². The first-order valence-corrected chi connectivity index (χ1v) is 6.12. The Morgan fingerprint density at radius 3 is 2.84 bits per heavy atom. The molecule has 1 atom stereocenters. The lowest BCUT2D eigenvalue weighted by atomic mass is 10.2. The number of hydrogen-bond donors (Lipinski definition) is 1. The topological polar surface area (TPSA) is 64.3 Å². The Hall–Kier alpha value is -2.14. The summed E-state index contributed by atoms with van der Waals surface area (Å²) < 4.78 is 6.52. The van der Waals surface area contributed by atoms with Crippen molar-refractivity contribution in [3.8, 4) is 0 Å². The van der Waals surface area contributed by atoms with Crippen LogP contribution in [0.5, 0.6) is 0 Å². The molecule has 1 N–H and O–H groups in total. The number of carbonyl (C=O) groups is 1. The maximum absolute atomic E-state index is 11.5. The van der Waals surface area contributed by atoms with Crippen molar-refractivity contribution in [2.75, 3.05) is 6.61 Å². The molecule has 0 fully saturated rings. The molecule has 0 amide bonds. The average Bonchev–Trinajstić information content (AvgIpc) is 2.87. The summed E-state index contributed by atoms with van der Waals surface area (Å²) in [6.07, 6.45) is 1.93. The van der Waals surface area contributed by atoms with Crippen molar-refractivity contribution in [1.29, 1.82) is 0 Å². The molecule has 2 aromatic rings. The Kier molecular flexibility index (Phi) is 4.30. The van der Waals surface area contributed by atoms with E-state index in [0.717, 1.165) is 5.56 Å². The first kappa shape index (κ1) is 13.3. The van der Waals surface area contributed by atoms with Gasteiger partial charge in [-0.15, -0.1) is 0 Å². The number of benzene rings is 1. The van der Waals surface area contributed by atoms with Crippen LogP contribution in [-0.4, -0.2) is 27.2 Å². The first-order valence-electron chi connectivity index (χ1n) is 6.12. The minimum absolute atomic E-state index is 0.231. The van der Waals surface area contributed by atoms with Crippen LogP contribution in [-0.2, 0) is 16.1 Å². The van der Waals surface area contributed by atoms with Crippen molar-refractivity contribution in [3.63, 3.8) is 0 Å². The molecule has 2 rings (SSSR count). The van der Waals surface area contributed by atoms with E-state index in [2.05, 4.69) is 4.98 Å². The predicted octanol–water partition coefficient (Wildman–Crippen LogP) is 1.53. The molecule has 1 heterocycles. The van der Waals surface area contributed by atoms with Gasteiger partial charge in [0.1, 0.15) is 5.82 Å². The Morgan fingerprint density at radius 2 is 2.16 bits per heavy atom. The van der Waals surface area contributed by atoms with Crippen LogP contribution in [0, 0.1) is 0 Å². The van der Waals surface area contributed by atoms with Crippen molar-refractivity contribution in [2.45, 2.75) is 19.6 Å². The number of rotatable bonds is 5. The molecule has 0 radical (unpaired) electrons. The summed E-state index contributed by atoms with van der Waals surface area (Å²) in [5.41, 5.74) is 1.07. The smallest absolute Gasteiger partial charge is 0.342 e. The Bertz CT molecular complexity index is 537. The van der Waals surface area contributed by atoms with E-state index in [0.29, 0.717) is 12.4 Å². The maximum Gasteiger partial charge on any atom is 0.342 e. The second-order valence-corrected chi connectivity index (χ2v) is 4.05. The minimum Gasteiger partial charge on any atom is -0.464 e. The molecular formula is C14H16N2O3. The molecule has 100 valence electrons. The SMILES string of the molecule is CCOC(=O)[C@@H](O)c1nccn1Cc1ccccc1. The lowest BCUT2D eigenvalue weighted by Crippen LogP contribution is -2.20. The van der Waals surface area contributed by atoms with E-state index < -0.39 is 12.1 Å². The van der Waals surface area contributed by atoms with Gasteiger partial charge in [0.15, 0.2) is 0 Å². The van der Waals surface area contributed by atoms with E-state index in [-0.39, 0.29) is 6.61 Å². The van der Waals surface area contributed by atoms with Crippen LogP contribution < -0.4 is 0 Å². The number of aliphatic hydroxyl groups excluding tert-OH is 1. The van der Waals surface area contributed by atoms with Crippen LogP contribution in [0.25, 0.3) is 0 Å². The number of carbonyl (C=O) groups excluding carboxylic acids is 1. The number of aromatic nitrogens is 2. The molecular weight excluding hydrogens is 244 g/mol. The molecule has 0 aliphatic carbocycles. The second kappa shape index (κ2) is 6.15. The number of hydrogen-bond acceptors (Lipinski definition) is 4. The van der Waals surface area contributed by atoms with Gasteiger partial charge >= 0.3 is 5.97 Å². The molecule has 0 spiro atoms. The van der Waals surface area contributed by atoms with Crippen LogP contribution in [0.3, 0.4) is 0 Å². The standard InChI is InChI=1S/C14H16N2O3/c1-2-19-14(18)12(17)13-15-8-9-16(13)10-11-6-4-3-5-7-11/h3-9,12,17H,2,10H2,1H3/t12-/m0/s1. The van der Waals surface area contributed by atoms with Gasteiger partial charge in [-0.05, 0) is 12.5 Å². The summed E-state index contributed by atoms with van der Waals surface area (Å²) in [6.45, 7) is 2.48. The maximum atomic E-state index is 11.5. The molecule has 0 aliphatic heterocycles. The van der Waals surface area contributed by atoms with Crippen molar-refractivity contribution in [3.05, 3.63) is 54.1 Å². The fourth-order valence-electron chi connectivity index (χ4n) is 1.81. The van der Waals surface area contributed by atoms with Crippen molar-refractivity contribution in [2.24, 2.45) is 0 Å². The van der Waals surface area contributed by atoms with Crippen molar-refractivity contribution < 1.29 is 14.6 Å². The molecule has 0 aliphatic rings. The largest absolute Gasteiger partial charge is 0.464 e. The normalized spacial score (nSPS) is 12.1. The van der Waals surface area contributed by atoms with E-state index in [4.69, 9.17) is 4.74 Å². The summed E-state index contributed by atoms with van der Waals surface area (Å²) >= 11 is 0. The first-order chi connectivity index (χ1) is 9.22. The molecule has 5 heteroatoms.